The number of hydrogen-bond acceptors (Lipinski definition) is 4. The number of alkyl carbamates (subject to hydrolysis) is 1. The second-order valence-electron chi connectivity index (χ2n) is 10.3. The van der Waals surface area contributed by atoms with Crippen molar-refractivity contribution in [3.8, 4) is 11.1 Å². The Kier molecular flexibility index (Phi) is 5.38. The van der Waals surface area contributed by atoms with E-state index in [1.165, 1.54) is 11.1 Å². The monoisotopic (exact) mass is 462 g/mol. The van der Waals surface area contributed by atoms with E-state index in [0.29, 0.717) is 19.4 Å². The molecule has 0 aromatic heterocycles. The van der Waals surface area contributed by atoms with Crippen LogP contribution in [0.1, 0.15) is 50.2 Å². The van der Waals surface area contributed by atoms with E-state index in [9.17, 15) is 19.5 Å². The van der Waals surface area contributed by atoms with Crippen LogP contribution in [0.4, 0.5) is 4.79 Å². The van der Waals surface area contributed by atoms with Crippen LogP contribution in [0, 0.1) is 11.3 Å². The SMILES string of the molecule is CC1CN(C(=O)CC2(NC(=O)OCC3c4ccccc4-c4ccccc43)CC2)CC1(C)C(=O)O. The van der Waals surface area contributed by atoms with E-state index in [4.69, 9.17) is 4.74 Å². The number of ether oxygens (including phenoxy) is 1. The molecule has 2 aromatic rings. The summed E-state index contributed by atoms with van der Waals surface area (Å²) in [6.07, 6.45) is 1.07. The predicted molar refractivity (Wildman–Crippen MR) is 126 cm³/mol. The quantitative estimate of drug-likeness (QED) is 0.676. The van der Waals surface area contributed by atoms with Gasteiger partial charge >= 0.3 is 12.1 Å². The number of benzene rings is 2. The van der Waals surface area contributed by atoms with Crippen molar-refractivity contribution in [2.45, 2.75) is 44.6 Å². The van der Waals surface area contributed by atoms with E-state index < -0.39 is 23.0 Å². The number of carboxylic acid groups (broad SMARTS) is 1. The molecule has 0 radical (unpaired) electrons. The molecular formula is C27H30N2O5. The van der Waals surface area contributed by atoms with Gasteiger partial charge in [-0.15, -0.1) is 0 Å². The summed E-state index contributed by atoms with van der Waals surface area (Å²) in [5.74, 6) is -1.14. The number of rotatable bonds is 6. The molecule has 2 aromatic carbocycles. The van der Waals surface area contributed by atoms with Gasteiger partial charge in [0.15, 0.2) is 0 Å². The molecule has 0 spiro atoms. The van der Waals surface area contributed by atoms with Crippen molar-refractivity contribution in [1.29, 1.82) is 0 Å². The standard InChI is InChI=1S/C27H30N2O5/c1-17-14-29(16-26(17,2)24(31)32)23(30)13-27(11-12-27)28-25(33)34-15-22-20-9-5-3-7-18(20)19-8-4-6-10-21(19)22/h3-10,17,22H,11-16H2,1-2H3,(H,28,33)(H,31,32). The van der Waals surface area contributed by atoms with E-state index in [1.807, 2.05) is 31.2 Å². The van der Waals surface area contributed by atoms with Crippen LogP contribution in [0.25, 0.3) is 11.1 Å². The lowest BCUT2D eigenvalue weighted by atomic mass is 9.81. The van der Waals surface area contributed by atoms with Crippen LogP contribution in [0.3, 0.4) is 0 Å². The lowest BCUT2D eigenvalue weighted by molar-refractivity contribution is -0.149. The summed E-state index contributed by atoms with van der Waals surface area (Å²) in [5, 5.41) is 12.5. The van der Waals surface area contributed by atoms with Crippen molar-refractivity contribution in [3.63, 3.8) is 0 Å². The van der Waals surface area contributed by atoms with Crippen LogP contribution in [-0.2, 0) is 14.3 Å². The highest BCUT2D eigenvalue weighted by Crippen LogP contribution is 2.45. The first-order valence-electron chi connectivity index (χ1n) is 11.9. The molecule has 2 atom stereocenters. The molecule has 5 rings (SSSR count). The highest BCUT2D eigenvalue weighted by Gasteiger charge is 2.51. The summed E-state index contributed by atoms with van der Waals surface area (Å²) in [6.45, 7) is 4.40. The highest BCUT2D eigenvalue weighted by molar-refractivity contribution is 5.83. The maximum atomic E-state index is 12.9. The van der Waals surface area contributed by atoms with E-state index in [-0.39, 0.29) is 37.3 Å². The summed E-state index contributed by atoms with van der Waals surface area (Å²) in [6, 6.07) is 16.4. The Labute approximate surface area is 199 Å². The molecule has 0 bridgehead atoms. The first-order valence-corrected chi connectivity index (χ1v) is 11.9. The molecular weight excluding hydrogens is 432 g/mol. The normalized spacial score (nSPS) is 24.3. The van der Waals surface area contributed by atoms with Crippen molar-refractivity contribution in [2.75, 3.05) is 19.7 Å². The second kappa shape index (κ2) is 8.15. The first-order chi connectivity index (χ1) is 16.2. The Morgan fingerprint density at radius 2 is 1.65 bits per heavy atom. The molecule has 1 saturated carbocycles. The Morgan fingerprint density at radius 1 is 1.06 bits per heavy atom. The maximum absolute atomic E-state index is 12.9. The Morgan fingerprint density at radius 3 is 2.18 bits per heavy atom. The number of carboxylic acids is 1. The minimum Gasteiger partial charge on any atom is -0.481 e. The topological polar surface area (TPSA) is 95.9 Å². The fourth-order valence-corrected chi connectivity index (χ4v) is 5.37. The van der Waals surface area contributed by atoms with Gasteiger partial charge in [0.25, 0.3) is 0 Å². The lowest BCUT2D eigenvalue weighted by Gasteiger charge is -2.24. The van der Waals surface area contributed by atoms with E-state index in [1.54, 1.807) is 11.8 Å². The van der Waals surface area contributed by atoms with Gasteiger partial charge in [-0.2, -0.15) is 0 Å². The van der Waals surface area contributed by atoms with E-state index >= 15 is 0 Å². The molecule has 7 nitrogen and oxygen atoms in total. The zero-order chi connectivity index (χ0) is 24.1. The van der Waals surface area contributed by atoms with Crippen LogP contribution in [0.5, 0.6) is 0 Å². The van der Waals surface area contributed by atoms with Crippen molar-refractivity contribution in [3.05, 3.63) is 59.7 Å². The van der Waals surface area contributed by atoms with Crippen LogP contribution in [0.2, 0.25) is 0 Å². The van der Waals surface area contributed by atoms with Gasteiger partial charge in [0.05, 0.1) is 17.4 Å². The number of nitrogens with one attached hydrogen (secondary N) is 1. The van der Waals surface area contributed by atoms with Gasteiger partial charge in [0, 0.05) is 19.0 Å². The Hall–Kier alpha value is -3.35. The third kappa shape index (κ3) is 3.83. The van der Waals surface area contributed by atoms with Gasteiger partial charge in [0.2, 0.25) is 5.91 Å². The molecule has 2 unspecified atom stereocenters. The van der Waals surface area contributed by atoms with E-state index in [0.717, 1.165) is 11.1 Å². The molecule has 2 fully saturated rings. The smallest absolute Gasteiger partial charge is 0.407 e. The van der Waals surface area contributed by atoms with Crippen molar-refractivity contribution >= 4 is 18.0 Å². The number of carbonyl (C=O) groups is 3. The van der Waals surface area contributed by atoms with Gasteiger partial charge in [-0.3, -0.25) is 9.59 Å². The van der Waals surface area contributed by atoms with Gasteiger partial charge in [0.1, 0.15) is 6.61 Å². The third-order valence-corrected chi connectivity index (χ3v) is 8.00. The van der Waals surface area contributed by atoms with Gasteiger partial charge in [-0.1, -0.05) is 55.5 Å². The van der Waals surface area contributed by atoms with Crippen molar-refractivity contribution in [1.82, 2.24) is 10.2 Å². The van der Waals surface area contributed by atoms with Gasteiger partial charge in [-0.25, -0.2) is 4.79 Å². The average molecular weight is 463 g/mol. The Balaban J connectivity index is 1.19. The fourth-order valence-electron chi connectivity index (χ4n) is 5.37. The number of fused-ring (bicyclic) bond motifs is 3. The van der Waals surface area contributed by atoms with Crippen LogP contribution in [0.15, 0.2) is 48.5 Å². The summed E-state index contributed by atoms with van der Waals surface area (Å²) >= 11 is 0. The molecule has 3 aliphatic rings. The van der Waals surface area contributed by atoms with Gasteiger partial charge in [-0.05, 0) is 47.9 Å². The minimum atomic E-state index is -0.938. The van der Waals surface area contributed by atoms with E-state index in [2.05, 4.69) is 29.6 Å². The Bertz CT molecular complexity index is 1110. The van der Waals surface area contributed by atoms with Crippen molar-refractivity contribution < 1.29 is 24.2 Å². The molecule has 1 aliphatic heterocycles. The summed E-state index contributed by atoms with van der Waals surface area (Å²) in [7, 11) is 0. The molecule has 1 saturated heterocycles. The molecule has 34 heavy (non-hydrogen) atoms. The third-order valence-electron chi connectivity index (χ3n) is 8.00. The number of nitrogens with zero attached hydrogens (tertiary/aromatic N) is 1. The number of hydrogen-bond donors (Lipinski definition) is 2. The highest BCUT2D eigenvalue weighted by atomic mass is 16.5. The van der Waals surface area contributed by atoms with Crippen LogP contribution < -0.4 is 5.32 Å². The zero-order valence-electron chi connectivity index (χ0n) is 19.5. The molecule has 1 heterocycles. The largest absolute Gasteiger partial charge is 0.481 e. The lowest BCUT2D eigenvalue weighted by Crippen LogP contribution is -2.43. The average Bonchev–Trinajstić information content (AvgIpc) is 3.37. The molecule has 2 amide bonds. The summed E-state index contributed by atoms with van der Waals surface area (Å²) in [5.41, 5.74) is 3.11. The minimum absolute atomic E-state index is 0.0188. The zero-order valence-corrected chi connectivity index (χ0v) is 19.5. The number of likely N-dealkylation sites (tertiary alicyclic amines) is 1. The summed E-state index contributed by atoms with van der Waals surface area (Å²) < 4.78 is 5.65. The molecule has 2 aliphatic carbocycles. The number of aliphatic carboxylic acids is 1. The first kappa shape index (κ1) is 22.4. The predicted octanol–water partition coefficient (Wildman–Crippen LogP) is 4.02. The number of carbonyl (C=O) groups excluding carboxylic acids is 2. The number of amides is 2. The van der Waals surface area contributed by atoms with Crippen molar-refractivity contribution in [2.24, 2.45) is 11.3 Å². The molecule has 178 valence electrons. The van der Waals surface area contributed by atoms with Crippen LogP contribution in [-0.4, -0.2) is 53.2 Å². The van der Waals surface area contributed by atoms with Crippen LogP contribution >= 0.6 is 0 Å². The fraction of sp³-hybridized carbons (Fsp3) is 0.444. The molecule has 2 N–H and O–H groups in total. The molecule has 7 heteroatoms. The second-order valence-corrected chi connectivity index (χ2v) is 10.3. The van der Waals surface area contributed by atoms with Gasteiger partial charge < -0.3 is 20.1 Å². The maximum Gasteiger partial charge on any atom is 0.407 e. The summed E-state index contributed by atoms with van der Waals surface area (Å²) in [4.78, 5) is 38.9.